The lowest BCUT2D eigenvalue weighted by Crippen LogP contribution is -2.21. The Labute approximate surface area is 125 Å². The Kier molecular flexibility index (Phi) is 5.58. The molecule has 0 fully saturated rings. The second kappa shape index (κ2) is 7.64. The molecule has 1 atom stereocenters. The first-order valence-corrected chi connectivity index (χ1v) is 7.18. The van der Waals surface area contributed by atoms with E-state index in [2.05, 4.69) is 11.9 Å². The number of nitrogens with two attached hydrogens (primary N) is 1. The van der Waals surface area contributed by atoms with E-state index in [0.29, 0.717) is 6.61 Å². The number of methoxy groups -OCH3 is 1. The Morgan fingerprint density at radius 2 is 2.00 bits per heavy atom. The van der Waals surface area contributed by atoms with Gasteiger partial charge in [0.1, 0.15) is 18.1 Å². The molecule has 2 rings (SSSR count). The lowest BCUT2D eigenvalue weighted by atomic mass is 10.1. The molecule has 0 amide bonds. The van der Waals surface area contributed by atoms with E-state index in [0.717, 1.165) is 35.6 Å². The van der Waals surface area contributed by atoms with Crippen LogP contribution >= 0.6 is 0 Å². The van der Waals surface area contributed by atoms with Gasteiger partial charge < -0.3 is 15.2 Å². The van der Waals surface area contributed by atoms with E-state index in [4.69, 9.17) is 15.2 Å². The zero-order valence-corrected chi connectivity index (χ0v) is 12.6. The maximum absolute atomic E-state index is 5.92. The molecule has 21 heavy (non-hydrogen) atoms. The van der Waals surface area contributed by atoms with Gasteiger partial charge in [-0.15, -0.1) is 0 Å². The van der Waals surface area contributed by atoms with E-state index in [1.807, 2.05) is 36.4 Å². The molecule has 1 aromatic heterocycles. The van der Waals surface area contributed by atoms with Crippen LogP contribution in [0.5, 0.6) is 11.5 Å². The van der Waals surface area contributed by atoms with Crippen LogP contribution in [0.2, 0.25) is 0 Å². The van der Waals surface area contributed by atoms with Crippen molar-refractivity contribution in [3.63, 3.8) is 0 Å². The molecule has 1 aromatic carbocycles. The summed E-state index contributed by atoms with van der Waals surface area (Å²) in [4.78, 5) is 4.39. The zero-order valence-electron chi connectivity index (χ0n) is 12.6. The molecule has 0 aliphatic carbocycles. The molecule has 0 aliphatic heterocycles. The highest BCUT2D eigenvalue weighted by Crippen LogP contribution is 2.20. The summed E-state index contributed by atoms with van der Waals surface area (Å²) >= 11 is 0. The standard InChI is InChI=1S/C17H22N2O2/c1-3-14(18)10-15-8-9-16(11-19-15)21-12-13-6-4-5-7-17(13)20-2/h4-9,11,14H,3,10,12,18H2,1-2H3. The Morgan fingerprint density at radius 1 is 1.19 bits per heavy atom. The number of pyridine rings is 1. The van der Waals surface area contributed by atoms with E-state index >= 15 is 0 Å². The van der Waals surface area contributed by atoms with Crippen LogP contribution in [0, 0.1) is 0 Å². The molecule has 4 nitrogen and oxygen atoms in total. The van der Waals surface area contributed by atoms with Gasteiger partial charge in [-0.25, -0.2) is 0 Å². The van der Waals surface area contributed by atoms with Gasteiger partial charge in [0.2, 0.25) is 0 Å². The van der Waals surface area contributed by atoms with Crippen molar-refractivity contribution >= 4 is 0 Å². The molecular formula is C17H22N2O2. The average molecular weight is 286 g/mol. The summed E-state index contributed by atoms with van der Waals surface area (Å²) in [5.74, 6) is 1.57. The summed E-state index contributed by atoms with van der Waals surface area (Å²) in [6.07, 6.45) is 3.49. The molecule has 112 valence electrons. The number of hydrogen-bond donors (Lipinski definition) is 1. The molecule has 0 saturated carbocycles. The Balaban J connectivity index is 1.94. The van der Waals surface area contributed by atoms with Crippen LogP contribution in [0.15, 0.2) is 42.6 Å². The largest absolute Gasteiger partial charge is 0.496 e. The zero-order chi connectivity index (χ0) is 15.1. The Bertz CT molecular complexity index is 555. The first-order chi connectivity index (χ1) is 10.2. The van der Waals surface area contributed by atoms with Crippen molar-refractivity contribution in [3.05, 3.63) is 53.9 Å². The third kappa shape index (κ3) is 4.46. The van der Waals surface area contributed by atoms with Crippen molar-refractivity contribution < 1.29 is 9.47 Å². The number of nitrogens with zero attached hydrogens (tertiary/aromatic N) is 1. The molecule has 2 N–H and O–H groups in total. The predicted molar refractivity (Wildman–Crippen MR) is 83.5 cm³/mol. The molecule has 0 saturated heterocycles. The summed E-state index contributed by atoms with van der Waals surface area (Å²) in [6, 6.07) is 11.9. The van der Waals surface area contributed by atoms with Gasteiger partial charge in [0.15, 0.2) is 0 Å². The van der Waals surface area contributed by atoms with Crippen LogP contribution in [0.4, 0.5) is 0 Å². The van der Waals surface area contributed by atoms with Gasteiger partial charge >= 0.3 is 0 Å². The van der Waals surface area contributed by atoms with Crippen LogP contribution in [-0.2, 0) is 13.0 Å². The first kappa shape index (κ1) is 15.3. The Hall–Kier alpha value is -2.07. The SMILES string of the molecule is CCC(N)Cc1ccc(OCc2ccccc2OC)cn1. The van der Waals surface area contributed by atoms with Crippen LogP contribution in [0.3, 0.4) is 0 Å². The van der Waals surface area contributed by atoms with Crippen LogP contribution < -0.4 is 15.2 Å². The van der Waals surface area contributed by atoms with Gasteiger partial charge in [0.05, 0.1) is 13.3 Å². The summed E-state index contributed by atoms with van der Waals surface area (Å²) in [7, 11) is 1.66. The summed E-state index contributed by atoms with van der Waals surface area (Å²) in [6.45, 7) is 2.54. The third-order valence-corrected chi connectivity index (χ3v) is 3.38. The van der Waals surface area contributed by atoms with Crippen molar-refractivity contribution in [2.75, 3.05) is 7.11 Å². The van der Waals surface area contributed by atoms with Crippen molar-refractivity contribution in [3.8, 4) is 11.5 Å². The predicted octanol–water partition coefficient (Wildman–Crippen LogP) is 2.95. The molecule has 0 aliphatic rings. The van der Waals surface area contributed by atoms with Gasteiger partial charge in [-0.05, 0) is 24.6 Å². The van der Waals surface area contributed by atoms with Gasteiger partial charge in [-0.1, -0.05) is 25.1 Å². The van der Waals surface area contributed by atoms with E-state index < -0.39 is 0 Å². The lowest BCUT2D eigenvalue weighted by Gasteiger charge is -2.11. The topological polar surface area (TPSA) is 57.4 Å². The fourth-order valence-corrected chi connectivity index (χ4v) is 2.01. The minimum atomic E-state index is 0.165. The number of ether oxygens (including phenoxy) is 2. The molecule has 0 radical (unpaired) electrons. The fraction of sp³-hybridized carbons (Fsp3) is 0.353. The molecule has 0 spiro atoms. The smallest absolute Gasteiger partial charge is 0.138 e. The Morgan fingerprint density at radius 3 is 2.67 bits per heavy atom. The van der Waals surface area contributed by atoms with E-state index in [-0.39, 0.29) is 6.04 Å². The highest BCUT2D eigenvalue weighted by Gasteiger charge is 2.05. The minimum Gasteiger partial charge on any atom is -0.496 e. The number of aromatic nitrogens is 1. The van der Waals surface area contributed by atoms with Crippen molar-refractivity contribution in [1.82, 2.24) is 4.98 Å². The first-order valence-electron chi connectivity index (χ1n) is 7.18. The summed E-state index contributed by atoms with van der Waals surface area (Å²) in [5.41, 5.74) is 7.93. The maximum atomic E-state index is 5.92. The molecule has 2 aromatic rings. The second-order valence-corrected chi connectivity index (χ2v) is 4.96. The molecule has 1 heterocycles. The number of benzene rings is 1. The van der Waals surface area contributed by atoms with Crippen molar-refractivity contribution in [2.24, 2.45) is 5.73 Å². The van der Waals surface area contributed by atoms with Gasteiger partial charge in [0, 0.05) is 23.7 Å². The molecule has 4 heteroatoms. The summed E-state index contributed by atoms with van der Waals surface area (Å²) < 4.78 is 11.0. The fourth-order valence-electron chi connectivity index (χ4n) is 2.01. The van der Waals surface area contributed by atoms with Gasteiger partial charge in [0.25, 0.3) is 0 Å². The van der Waals surface area contributed by atoms with Gasteiger partial charge in [-0.2, -0.15) is 0 Å². The second-order valence-electron chi connectivity index (χ2n) is 4.96. The van der Waals surface area contributed by atoms with Crippen LogP contribution in [0.1, 0.15) is 24.6 Å². The number of rotatable bonds is 7. The van der Waals surface area contributed by atoms with E-state index in [9.17, 15) is 0 Å². The van der Waals surface area contributed by atoms with Crippen LogP contribution in [0.25, 0.3) is 0 Å². The third-order valence-electron chi connectivity index (χ3n) is 3.38. The molecule has 0 bridgehead atoms. The highest BCUT2D eigenvalue weighted by molar-refractivity contribution is 5.33. The van der Waals surface area contributed by atoms with E-state index in [1.165, 1.54) is 0 Å². The van der Waals surface area contributed by atoms with E-state index in [1.54, 1.807) is 13.3 Å². The van der Waals surface area contributed by atoms with Crippen molar-refractivity contribution in [1.29, 1.82) is 0 Å². The normalized spacial score (nSPS) is 12.0. The monoisotopic (exact) mass is 286 g/mol. The number of hydrogen-bond acceptors (Lipinski definition) is 4. The van der Waals surface area contributed by atoms with Gasteiger partial charge in [-0.3, -0.25) is 4.98 Å². The van der Waals surface area contributed by atoms with Crippen molar-refractivity contribution in [2.45, 2.75) is 32.4 Å². The average Bonchev–Trinajstić information content (AvgIpc) is 2.54. The highest BCUT2D eigenvalue weighted by atomic mass is 16.5. The number of para-hydroxylation sites is 1. The quantitative estimate of drug-likeness (QED) is 0.850. The maximum Gasteiger partial charge on any atom is 0.138 e. The lowest BCUT2D eigenvalue weighted by molar-refractivity contribution is 0.295. The molecule has 1 unspecified atom stereocenters. The van der Waals surface area contributed by atoms with Crippen LogP contribution in [-0.4, -0.2) is 18.1 Å². The minimum absolute atomic E-state index is 0.165. The molecular weight excluding hydrogens is 264 g/mol. The summed E-state index contributed by atoms with van der Waals surface area (Å²) in [5, 5.41) is 0.